The second-order valence-electron chi connectivity index (χ2n) is 8.91. The third kappa shape index (κ3) is 7.11. The zero-order chi connectivity index (χ0) is 27.7. The van der Waals surface area contributed by atoms with Crippen LogP contribution < -0.4 is 0 Å². The van der Waals surface area contributed by atoms with Crippen LogP contribution in [0.3, 0.4) is 0 Å². The first kappa shape index (κ1) is 28.7. The number of carboxylic acids is 2. The lowest BCUT2D eigenvalue weighted by atomic mass is 10.1. The van der Waals surface area contributed by atoms with E-state index in [1.165, 1.54) is 36.9 Å². The van der Waals surface area contributed by atoms with Crippen molar-refractivity contribution >= 4 is 23.8 Å². The van der Waals surface area contributed by atoms with E-state index < -0.39 is 11.9 Å². The normalized spacial score (nSPS) is 16.4. The Morgan fingerprint density at radius 2 is 1.03 bits per heavy atom. The number of aromatic carboxylic acids is 2. The number of carbonyl (C=O) groups excluding carboxylic acids is 2. The Morgan fingerprint density at radius 1 is 0.632 bits per heavy atom. The molecule has 0 aromatic carbocycles. The molecule has 0 radical (unpaired) electrons. The molecule has 0 bridgehead atoms. The molecule has 38 heavy (non-hydrogen) atoms. The van der Waals surface area contributed by atoms with Gasteiger partial charge in [-0.3, -0.25) is 19.6 Å². The Bertz CT molecular complexity index is 1050. The average Bonchev–Trinajstić information content (AvgIpc) is 2.96. The first-order valence-electron chi connectivity index (χ1n) is 12.6. The SMILES string of the molecule is CCN1CCN(C(=O)c2ccncc2C(=O)O)CC1.CCN1CCN(C(=O)c2cnccc2C(=O)O)CC1. The van der Waals surface area contributed by atoms with Crippen LogP contribution in [0, 0.1) is 0 Å². The molecule has 2 amide bonds. The minimum atomic E-state index is -1.12. The van der Waals surface area contributed by atoms with Gasteiger partial charge in [0.15, 0.2) is 0 Å². The zero-order valence-corrected chi connectivity index (χ0v) is 21.7. The van der Waals surface area contributed by atoms with E-state index in [-0.39, 0.29) is 34.1 Å². The van der Waals surface area contributed by atoms with Gasteiger partial charge >= 0.3 is 11.9 Å². The molecule has 0 atom stereocenters. The summed E-state index contributed by atoms with van der Waals surface area (Å²) in [4.78, 5) is 62.4. The molecule has 2 aliphatic heterocycles. The van der Waals surface area contributed by atoms with Crippen LogP contribution in [0.4, 0.5) is 0 Å². The summed E-state index contributed by atoms with van der Waals surface area (Å²) in [5, 5.41) is 18.2. The van der Waals surface area contributed by atoms with Crippen molar-refractivity contribution in [2.45, 2.75) is 13.8 Å². The number of piperazine rings is 2. The second kappa shape index (κ2) is 13.6. The molecule has 4 rings (SSSR count). The summed E-state index contributed by atoms with van der Waals surface area (Å²) in [5.41, 5.74) is 0.357. The number of carboxylic acid groups (broad SMARTS) is 2. The van der Waals surface area contributed by atoms with Gasteiger partial charge in [0.25, 0.3) is 11.8 Å². The van der Waals surface area contributed by atoms with E-state index in [1.807, 2.05) is 0 Å². The molecule has 4 heterocycles. The quantitative estimate of drug-likeness (QED) is 0.561. The third-order valence-corrected chi connectivity index (χ3v) is 6.78. The van der Waals surface area contributed by atoms with E-state index in [0.717, 1.165) is 39.3 Å². The Balaban J connectivity index is 0.000000211. The van der Waals surface area contributed by atoms with Crippen molar-refractivity contribution in [1.82, 2.24) is 29.6 Å². The van der Waals surface area contributed by atoms with Crippen molar-refractivity contribution in [3.63, 3.8) is 0 Å². The lowest BCUT2D eigenvalue weighted by molar-refractivity contribution is 0.0620. The molecule has 2 saturated heterocycles. The van der Waals surface area contributed by atoms with Crippen LogP contribution in [0.2, 0.25) is 0 Å². The highest BCUT2D eigenvalue weighted by atomic mass is 16.4. The van der Waals surface area contributed by atoms with Crippen LogP contribution in [0.25, 0.3) is 0 Å². The van der Waals surface area contributed by atoms with Crippen LogP contribution in [-0.2, 0) is 0 Å². The van der Waals surface area contributed by atoms with Gasteiger partial charge in [-0.05, 0) is 25.2 Å². The number of hydrogen-bond acceptors (Lipinski definition) is 8. The number of carbonyl (C=O) groups is 4. The Labute approximate surface area is 221 Å². The largest absolute Gasteiger partial charge is 0.478 e. The molecule has 2 N–H and O–H groups in total. The van der Waals surface area contributed by atoms with E-state index in [2.05, 4.69) is 33.6 Å². The van der Waals surface area contributed by atoms with Gasteiger partial charge in [0.1, 0.15) is 0 Å². The molecule has 0 saturated carbocycles. The third-order valence-electron chi connectivity index (χ3n) is 6.78. The fraction of sp³-hybridized carbons (Fsp3) is 0.462. The number of aromatic nitrogens is 2. The standard InChI is InChI=1S/2C13H17N3O3/c1-2-15-5-7-16(8-6-15)12(17)11-9-14-4-3-10(11)13(18)19;1-2-15-5-7-16(8-6-15)12(17)10-3-4-14-9-11(10)13(18)19/h2*3-4,9H,2,5-8H2,1H3,(H,18,19). The van der Waals surface area contributed by atoms with Crippen LogP contribution in [0.15, 0.2) is 36.9 Å². The first-order valence-corrected chi connectivity index (χ1v) is 12.6. The van der Waals surface area contributed by atoms with Crippen molar-refractivity contribution in [1.29, 1.82) is 0 Å². The van der Waals surface area contributed by atoms with Crippen molar-refractivity contribution < 1.29 is 29.4 Å². The van der Waals surface area contributed by atoms with Gasteiger partial charge in [-0.15, -0.1) is 0 Å². The molecule has 0 spiro atoms. The van der Waals surface area contributed by atoms with E-state index in [1.54, 1.807) is 9.80 Å². The van der Waals surface area contributed by atoms with Crippen molar-refractivity contribution in [3.8, 4) is 0 Å². The molecule has 12 heteroatoms. The van der Waals surface area contributed by atoms with Crippen LogP contribution in [0.1, 0.15) is 55.3 Å². The van der Waals surface area contributed by atoms with Gasteiger partial charge in [-0.25, -0.2) is 9.59 Å². The Morgan fingerprint density at radius 3 is 1.45 bits per heavy atom. The Kier molecular flexibility index (Phi) is 10.3. The second-order valence-corrected chi connectivity index (χ2v) is 8.91. The predicted molar refractivity (Wildman–Crippen MR) is 138 cm³/mol. The Hall–Kier alpha value is -3.90. The van der Waals surface area contributed by atoms with E-state index in [4.69, 9.17) is 10.2 Å². The number of pyridine rings is 2. The maximum absolute atomic E-state index is 12.3. The molecular weight excluding hydrogens is 492 g/mol. The van der Waals surface area contributed by atoms with Gasteiger partial charge in [0.05, 0.1) is 22.3 Å². The minimum Gasteiger partial charge on any atom is -0.478 e. The predicted octanol–water partition coefficient (Wildman–Crippen LogP) is 1.12. The maximum Gasteiger partial charge on any atom is 0.338 e. The zero-order valence-electron chi connectivity index (χ0n) is 21.7. The number of nitrogens with zero attached hydrogens (tertiary/aromatic N) is 6. The average molecular weight is 527 g/mol. The smallest absolute Gasteiger partial charge is 0.338 e. The molecule has 12 nitrogen and oxygen atoms in total. The lowest BCUT2D eigenvalue weighted by Crippen LogP contribution is -2.48. The highest BCUT2D eigenvalue weighted by Crippen LogP contribution is 2.14. The lowest BCUT2D eigenvalue weighted by Gasteiger charge is -2.34. The van der Waals surface area contributed by atoms with Gasteiger partial charge < -0.3 is 29.8 Å². The highest BCUT2D eigenvalue weighted by Gasteiger charge is 2.26. The highest BCUT2D eigenvalue weighted by molar-refractivity contribution is 6.05. The number of amides is 2. The monoisotopic (exact) mass is 526 g/mol. The molecule has 0 aliphatic carbocycles. The molecule has 0 unspecified atom stereocenters. The van der Waals surface area contributed by atoms with Crippen LogP contribution >= 0.6 is 0 Å². The molecule has 2 aliphatic rings. The molecule has 2 aromatic rings. The summed E-state index contributed by atoms with van der Waals surface area (Å²) in [6.07, 6.45) is 5.38. The maximum atomic E-state index is 12.3. The van der Waals surface area contributed by atoms with Gasteiger partial charge in [0.2, 0.25) is 0 Å². The van der Waals surface area contributed by atoms with Crippen molar-refractivity contribution in [3.05, 3.63) is 59.2 Å². The fourth-order valence-corrected chi connectivity index (χ4v) is 4.38. The summed E-state index contributed by atoms with van der Waals surface area (Å²) < 4.78 is 0. The van der Waals surface area contributed by atoms with Gasteiger partial charge in [-0.2, -0.15) is 0 Å². The summed E-state index contributed by atoms with van der Waals surface area (Å²) >= 11 is 0. The van der Waals surface area contributed by atoms with Gasteiger partial charge in [0, 0.05) is 77.1 Å². The summed E-state index contributed by atoms with van der Waals surface area (Å²) in [7, 11) is 0. The minimum absolute atomic E-state index is 0.0120. The van der Waals surface area contributed by atoms with E-state index in [0.29, 0.717) is 26.2 Å². The van der Waals surface area contributed by atoms with E-state index >= 15 is 0 Å². The van der Waals surface area contributed by atoms with Gasteiger partial charge in [-0.1, -0.05) is 13.8 Å². The van der Waals surface area contributed by atoms with Crippen LogP contribution in [-0.4, -0.2) is 129 Å². The van der Waals surface area contributed by atoms with E-state index in [9.17, 15) is 19.2 Å². The summed E-state index contributed by atoms with van der Waals surface area (Å²) in [5.74, 6) is -2.70. The topological polar surface area (TPSA) is 147 Å². The summed E-state index contributed by atoms with van der Waals surface area (Å²) in [6.45, 7) is 11.9. The molecule has 204 valence electrons. The fourth-order valence-electron chi connectivity index (χ4n) is 4.38. The number of rotatable bonds is 6. The van der Waals surface area contributed by atoms with Crippen molar-refractivity contribution in [2.75, 3.05) is 65.4 Å². The molecular formula is C26H34N6O6. The molecule has 2 fully saturated rings. The number of hydrogen-bond donors (Lipinski definition) is 2. The number of likely N-dealkylation sites (N-methyl/N-ethyl adjacent to an activating group) is 2. The van der Waals surface area contributed by atoms with Crippen molar-refractivity contribution in [2.24, 2.45) is 0 Å². The molecule has 2 aromatic heterocycles. The van der Waals surface area contributed by atoms with Crippen LogP contribution in [0.5, 0.6) is 0 Å². The first-order chi connectivity index (χ1) is 18.3. The summed E-state index contributed by atoms with van der Waals surface area (Å²) in [6, 6.07) is 2.83.